The average molecular weight is 623 g/mol. The molecule has 1 unspecified atom stereocenters. The van der Waals surface area contributed by atoms with Crippen molar-refractivity contribution in [3.8, 4) is 0 Å². The molecule has 4 amide bonds. The molecule has 206 valence electrons. The zero-order valence-electron chi connectivity index (χ0n) is 21.2. The Morgan fingerprint density at radius 1 is 0.927 bits per heavy atom. The van der Waals surface area contributed by atoms with Crippen LogP contribution in [0.1, 0.15) is 21.7 Å². The summed E-state index contributed by atoms with van der Waals surface area (Å²) in [4.78, 5) is 54.5. The number of thioether (sulfide) groups is 1. The summed E-state index contributed by atoms with van der Waals surface area (Å²) in [6.07, 6.45) is 1.62. The van der Waals surface area contributed by atoms with Crippen molar-refractivity contribution in [3.05, 3.63) is 116 Å². The molecular formula is C30H21Cl2N3O4S2. The minimum atomic E-state index is -0.651. The maximum absolute atomic E-state index is 13.3. The van der Waals surface area contributed by atoms with Gasteiger partial charge in [0, 0.05) is 27.4 Å². The summed E-state index contributed by atoms with van der Waals surface area (Å²) in [7, 11) is 0. The lowest BCUT2D eigenvalue weighted by molar-refractivity contribution is -0.121. The number of halogens is 2. The molecule has 0 aliphatic carbocycles. The second-order valence-corrected chi connectivity index (χ2v) is 11.9. The standard InChI is InChI=1S/C30H21Cl2N3O4S2/c31-23-12-11-20(15-24(23)32)35-27(36)17-26(30(35)39)41-22-9-4-8-19(14-22)33-29(38)25(16-21-10-5-13-40-21)34-28(37)18-6-2-1-3-7-18/h1-16,26H,17H2,(H,33,38)(H,34,37). The minimum absolute atomic E-state index is 0.0134. The SMILES string of the molecule is O=C(Nc1cccc(SC2CC(=O)N(c3ccc(Cl)c(Cl)c3)C2=O)c1)C(=Cc1cccs1)NC(=O)c1ccccc1. The molecule has 1 aliphatic rings. The van der Waals surface area contributed by atoms with Gasteiger partial charge in [0.1, 0.15) is 5.70 Å². The van der Waals surface area contributed by atoms with Crippen LogP contribution in [0.3, 0.4) is 0 Å². The van der Waals surface area contributed by atoms with Crippen LogP contribution in [0.4, 0.5) is 11.4 Å². The van der Waals surface area contributed by atoms with Crippen LogP contribution in [0.25, 0.3) is 6.08 Å². The molecule has 2 N–H and O–H groups in total. The van der Waals surface area contributed by atoms with Gasteiger partial charge >= 0.3 is 0 Å². The molecule has 7 nitrogen and oxygen atoms in total. The molecule has 4 aromatic rings. The van der Waals surface area contributed by atoms with Crippen LogP contribution in [0.2, 0.25) is 10.0 Å². The molecule has 5 rings (SSSR count). The van der Waals surface area contributed by atoms with Crippen molar-refractivity contribution in [2.45, 2.75) is 16.6 Å². The predicted molar refractivity (Wildman–Crippen MR) is 164 cm³/mol. The third-order valence-electron chi connectivity index (χ3n) is 6.00. The smallest absolute Gasteiger partial charge is 0.272 e. The first-order valence-electron chi connectivity index (χ1n) is 12.3. The van der Waals surface area contributed by atoms with E-state index in [0.717, 1.165) is 9.78 Å². The van der Waals surface area contributed by atoms with Crippen LogP contribution >= 0.6 is 46.3 Å². The Morgan fingerprint density at radius 3 is 2.46 bits per heavy atom. The summed E-state index contributed by atoms with van der Waals surface area (Å²) >= 11 is 14.7. The number of benzene rings is 3. The third-order valence-corrected chi connectivity index (χ3v) is 8.73. The van der Waals surface area contributed by atoms with Crippen LogP contribution < -0.4 is 15.5 Å². The molecule has 3 aromatic carbocycles. The van der Waals surface area contributed by atoms with Gasteiger partial charge in [0.05, 0.1) is 21.0 Å². The number of nitrogens with zero attached hydrogens (tertiary/aromatic N) is 1. The molecule has 1 aliphatic heterocycles. The van der Waals surface area contributed by atoms with E-state index < -0.39 is 17.1 Å². The Labute approximate surface area is 254 Å². The fourth-order valence-corrected chi connectivity index (χ4v) is 6.12. The van der Waals surface area contributed by atoms with Gasteiger partial charge in [-0.15, -0.1) is 23.1 Å². The summed E-state index contributed by atoms with van der Waals surface area (Å²) in [5, 5.41) is 7.33. The number of hydrogen-bond acceptors (Lipinski definition) is 6. The van der Waals surface area contributed by atoms with Crippen molar-refractivity contribution in [1.29, 1.82) is 0 Å². The number of rotatable bonds is 8. The largest absolute Gasteiger partial charge is 0.321 e. The van der Waals surface area contributed by atoms with E-state index in [1.54, 1.807) is 66.7 Å². The Bertz CT molecular complexity index is 1660. The number of anilines is 2. The molecular weight excluding hydrogens is 601 g/mol. The molecule has 1 saturated heterocycles. The predicted octanol–water partition coefficient (Wildman–Crippen LogP) is 6.89. The quantitative estimate of drug-likeness (QED) is 0.165. The van der Waals surface area contributed by atoms with Crippen molar-refractivity contribution in [1.82, 2.24) is 5.32 Å². The van der Waals surface area contributed by atoms with Crippen LogP contribution in [0.15, 0.2) is 101 Å². The first-order valence-corrected chi connectivity index (χ1v) is 14.8. The van der Waals surface area contributed by atoms with Gasteiger partial charge in [0.25, 0.3) is 11.8 Å². The molecule has 1 fully saturated rings. The summed E-state index contributed by atoms with van der Waals surface area (Å²) in [6.45, 7) is 0. The van der Waals surface area contributed by atoms with Crippen LogP contribution in [0, 0.1) is 0 Å². The van der Waals surface area contributed by atoms with Crippen LogP contribution in [-0.2, 0) is 14.4 Å². The fourth-order valence-electron chi connectivity index (χ4n) is 4.06. The van der Waals surface area contributed by atoms with E-state index in [-0.39, 0.29) is 29.0 Å². The van der Waals surface area contributed by atoms with E-state index >= 15 is 0 Å². The number of carbonyl (C=O) groups is 4. The monoisotopic (exact) mass is 621 g/mol. The van der Waals surface area contributed by atoms with Crippen LogP contribution in [0.5, 0.6) is 0 Å². The molecule has 1 atom stereocenters. The van der Waals surface area contributed by atoms with E-state index in [1.165, 1.54) is 35.2 Å². The number of imide groups is 1. The van der Waals surface area contributed by atoms with Gasteiger partial charge in [-0.1, -0.05) is 53.5 Å². The highest BCUT2D eigenvalue weighted by Gasteiger charge is 2.40. The zero-order valence-corrected chi connectivity index (χ0v) is 24.3. The highest BCUT2D eigenvalue weighted by Crippen LogP contribution is 2.36. The van der Waals surface area contributed by atoms with E-state index in [0.29, 0.717) is 26.9 Å². The second-order valence-electron chi connectivity index (χ2n) is 8.85. The van der Waals surface area contributed by atoms with Gasteiger partial charge in [0.2, 0.25) is 11.8 Å². The maximum atomic E-state index is 13.3. The highest BCUT2D eigenvalue weighted by atomic mass is 35.5. The van der Waals surface area contributed by atoms with Crippen molar-refractivity contribution in [2.75, 3.05) is 10.2 Å². The van der Waals surface area contributed by atoms with Gasteiger partial charge < -0.3 is 10.6 Å². The second kappa shape index (κ2) is 12.7. The normalized spacial score (nSPS) is 15.2. The number of carbonyl (C=O) groups excluding carboxylic acids is 4. The van der Waals surface area contributed by atoms with Gasteiger partial charge in [-0.25, -0.2) is 4.90 Å². The number of amides is 4. The lowest BCUT2D eigenvalue weighted by Crippen LogP contribution is -2.31. The molecule has 2 heterocycles. The van der Waals surface area contributed by atoms with Gasteiger partial charge in [-0.05, 0) is 66.1 Å². The highest BCUT2D eigenvalue weighted by molar-refractivity contribution is 8.00. The fraction of sp³-hybridized carbons (Fsp3) is 0.0667. The molecule has 0 radical (unpaired) electrons. The lowest BCUT2D eigenvalue weighted by Gasteiger charge is -2.16. The number of thiophene rings is 1. The Kier molecular flexibility index (Phi) is 8.90. The van der Waals surface area contributed by atoms with Crippen LogP contribution in [-0.4, -0.2) is 28.9 Å². The van der Waals surface area contributed by atoms with E-state index in [1.807, 2.05) is 17.5 Å². The molecule has 0 saturated carbocycles. The van der Waals surface area contributed by atoms with E-state index in [2.05, 4.69) is 10.6 Å². The van der Waals surface area contributed by atoms with Gasteiger partial charge in [-0.3, -0.25) is 19.2 Å². The Hall–Kier alpha value is -3.89. The molecule has 41 heavy (non-hydrogen) atoms. The van der Waals surface area contributed by atoms with Crippen molar-refractivity contribution >= 4 is 87.4 Å². The third kappa shape index (κ3) is 6.89. The average Bonchev–Trinajstić information content (AvgIpc) is 3.57. The number of nitrogens with one attached hydrogen (secondary N) is 2. The van der Waals surface area contributed by atoms with E-state index in [4.69, 9.17) is 23.2 Å². The summed E-state index contributed by atoms with van der Waals surface area (Å²) in [5.74, 6) is -1.63. The maximum Gasteiger partial charge on any atom is 0.272 e. The first-order chi connectivity index (χ1) is 19.8. The summed E-state index contributed by atoms with van der Waals surface area (Å²) in [5.41, 5.74) is 1.32. The number of hydrogen-bond donors (Lipinski definition) is 2. The summed E-state index contributed by atoms with van der Waals surface area (Å²) in [6, 6.07) is 23.8. The van der Waals surface area contributed by atoms with Crippen molar-refractivity contribution in [3.63, 3.8) is 0 Å². The van der Waals surface area contributed by atoms with Gasteiger partial charge in [-0.2, -0.15) is 0 Å². The Morgan fingerprint density at radius 2 is 1.73 bits per heavy atom. The zero-order chi connectivity index (χ0) is 28.9. The lowest BCUT2D eigenvalue weighted by atomic mass is 10.2. The molecule has 1 aromatic heterocycles. The van der Waals surface area contributed by atoms with Crippen molar-refractivity contribution < 1.29 is 19.2 Å². The molecule has 0 bridgehead atoms. The first kappa shape index (κ1) is 28.6. The van der Waals surface area contributed by atoms with E-state index in [9.17, 15) is 19.2 Å². The van der Waals surface area contributed by atoms with Crippen molar-refractivity contribution in [2.24, 2.45) is 0 Å². The Balaban J connectivity index is 1.30. The van der Waals surface area contributed by atoms with Gasteiger partial charge in [0.15, 0.2) is 0 Å². The summed E-state index contributed by atoms with van der Waals surface area (Å²) < 4.78 is 0. The molecule has 0 spiro atoms. The molecule has 11 heteroatoms. The minimum Gasteiger partial charge on any atom is -0.321 e. The topological polar surface area (TPSA) is 95.6 Å².